The molecule has 0 aliphatic heterocycles. The third kappa shape index (κ3) is 6.61. The SMILES string of the molecule is NC(=NC(Cn1ccnc1)c1ccc(Cl)cc1Cl)N(C(=O)Nc1cccnc1)c1ccc(C(F)(F)F)cc1. The number of alkyl halides is 3. The highest BCUT2D eigenvalue weighted by atomic mass is 35.5. The van der Waals surface area contributed by atoms with Gasteiger partial charge in [0.1, 0.15) is 0 Å². The number of imidazole rings is 1. The molecule has 13 heteroatoms. The van der Waals surface area contributed by atoms with E-state index in [2.05, 4.69) is 20.3 Å². The smallest absolute Gasteiger partial charge is 0.369 e. The number of hydrogen-bond donors (Lipinski definition) is 2. The Balaban J connectivity index is 1.76. The Kier molecular flexibility index (Phi) is 8.18. The number of nitrogens with one attached hydrogen (secondary N) is 1. The number of urea groups is 1. The first kappa shape index (κ1) is 27.0. The standard InChI is InChI=1S/C25H20Cl2F3N7O/c26-17-5-8-20(21(27)12-17)22(14-36-11-10-33-15-36)35-23(31)37(24(38)34-18-2-1-9-32-13-18)19-6-3-16(4-7-19)25(28,29)30/h1-13,15,22H,14H2,(H2,31,35)(H,34,38). The Morgan fingerprint density at radius 2 is 1.87 bits per heavy atom. The number of carbonyl (C=O) groups excluding carboxylic acids is 1. The predicted molar refractivity (Wildman–Crippen MR) is 140 cm³/mol. The van der Waals surface area contributed by atoms with E-state index in [1.54, 1.807) is 53.6 Å². The molecule has 2 heterocycles. The van der Waals surface area contributed by atoms with Gasteiger partial charge in [-0.25, -0.2) is 19.7 Å². The van der Waals surface area contributed by atoms with Gasteiger partial charge in [0.2, 0.25) is 5.96 Å². The molecule has 1 unspecified atom stereocenters. The molecule has 38 heavy (non-hydrogen) atoms. The molecule has 0 bridgehead atoms. The molecule has 2 amide bonds. The number of amides is 2. The average Bonchev–Trinajstić information content (AvgIpc) is 3.37. The summed E-state index contributed by atoms with van der Waals surface area (Å²) < 4.78 is 41.2. The number of pyridine rings is 1. The van der Waals surface area contributed by atoms with Crippen molar-refractivity contribution in [3.8, 4) is 0 Å². The number of carbonyl (C=O) groups is 1. The summed E-state index contributed by atoms with van der Waals surface area (Å²) in [6.45, 7) is 0.243. The van der Waals surface area contributed by atoms with Gasteiger partial charge in [-0.1, -0.05) is 29.3 Å². The lowest BCUT2D eigenvalue weighted by atomic mass is 10.1. The average molecular weight is 562 g/mol. The minimum absolute atomic E-state index is 0.0595. The Morgan fingerprint density at radius 1 is 1.11 bits per heavy atom. The summed E-state index contributed by atoms with van der Waals surface area (Å²) >= 11 is 12.5. The number of aromatic nitrogens is 3. The van der Waals surface area contributed by atoms with Crippen LogP contribution in [0.2, 0.25) is 10.0 Å². The number of nitrogens with two attached hydrogens (primary N) is 1. The van der Waals surface area contributed by atoms with Crippen molar-refractivity contribution in [1.29, 1.82) is 0 Å². The molecule has 2 aromatic heterocycles. The second-order valence-corrected chi connectivity index (χ2v) is 8.82. The Labute approximate surface area is 225 Å². The number of guanidine groups is 1. The van der Waals surface area contributed by atoms with Crippen molar-refractivity contribution in [2.24, 2.45) is 10.7 Å². The Morgan fingerprint density at radius 3 is 2.47 bits per heavy atom. The van der Waals surface area contributed by atoms with Gasteiger partial charge in [-0.15, -0.1) is 0 Å². The lowest BCUT2D eigenvalue weighted by molar-refractivity contribution is -0.137. The summed E-state index contributed by atoms with van der Waals surface area (Å²) in [6, 6.07) is 10.6. The molecule has 3 N–H and O–H groups in total. The maximum atomic E-state index is 13.3. The van der Waals surface area contributed by atoms with E-state index in [9.17, 15) is 18.0 Å². The zero-order chi connectivity index (χ0) is 27.3. The summed E-state index contributed by atoms with van der Waals surface area (Å²) in [4.78, 5) is 26.8. The number of aliphatic imine (C=N–C) groups is 1. The fourth-order valence-electron chi connectivity index (χ4n) is 3.56. The van der Waals surface area contributed by atoms with Gasteiger partial charge >= 0.3 is 12.2 Å². The van der Waals surface area contributed by atoms with Gasteiger partial charge in [0.05, 0.1) is 42.0 Å². The molecule has 0 fully saturated rings. The number of hydrogen-bond acceptors (Lipinski definition) is 4. The van der Waals surface area contributed by atoms with E-state index in [4.69, 9.17) is 28.9 Å². The molecule has 0 saturated heterocycles. The topological polar surface area (TPSA) is 101 Å². The molecule has 1 atom stereocenters. The van der Waals surface area contributed by atoms with Crippen molar-refractivity contribution >= 4 is 46.6 Å². The van der Waals surface area contributed by atoms with Crippen LogP contribution >= 0.6 is 23.2 Å². The third-order valence-corrected chi connectivity index (χ3v) is 5.91. The van der Waals surface area contributed by atoms with Crippen molar-refractivity contribution < 1.29 is 18.0 Å². The fourth-order valence-corrected chi connectivity index (χ4v) is 4.10. The highest BCUT2D eigenvalue weighted by Gasteiger charge is 2.31. The molecule has 0 spiro atoms. The van der Waals surface area contributed by atoms with Gasteiger partial charge in [0.25, 0.3) is 0 Å². The zero-order valence-electron chi connectivity index (χ0n) is 19.5. The van der Waals surface area contributed by atoms with Gasteiger partial charge in [0, 0.05) is 28.6 Å². The van der Waals surface area contributed by atoms with Gasteiger partial charge in [-0.05, 0) is 54.1 Å². The van der Waals surface area contributed by atoms with Crippen LogP contribution in [0.1, 0.15) is 17.2 Å². The molecular weight excluding hydrogens is 542 g/mol. The van der Waals surface area contributed by atoms with Gasteiger partial charge in [0.15, 0.2) is 0 Å². The van der Waals surface area contributed by atoms with Gasteiger partial charge in [-0.3, -0.25) is 4.98 Å². The molecular formula is C25H20Cl2F3N7O. The fraction of sp³-hybridized carbons (Fsp3) is 0.120. The van der Waals surface area contributed by atoms with Crippen molar-refractivity contribution in [3.05, 3.63) is 107 Å². The van der Waals surface area contributed by atoms with E-state index < -0.39 is 23.8 Å². The summed E-state index contributed by atoms with van der Waals surface area (Å²) in [5.41, 5.74) is 6.45. The predicted octanol–water partition coefficient (Wildman–Crippen LogP) is 6.40. The first-order valence-corrected chi connectivity index (χ1v) is 11.8. The van der Waals surface area contributed by atoms with Crippen LogP contribution in [0.25, 0.3) is 0 Å². The van der Waals surface area contributed by atoms with Crippen molar-refractivity contribution in [2.45, 2.75) is 18.8 Å². The third-order valence-electron chi connectivity index (χ3n) is 5.35. The summed E-state index contributed by atoms with van der Waals surface area (Å²) in [5, 5.41) is 3.36. The first-order chi connectivity index (χ1) is 18.1. The van der Waals surface area contributed by atoms with E-state index >= 15 is 0 Å². The lowest BCUT2D eigenvalue weighted by Gasteiger charge is -2.25. The van der Waals surface area contributed by atoms with Crippen LogP contribution in [0.3, 0.4) is 0 Å². The Bertz CT molecular complexity index is 1410. The van der Waals surface area contributed by atoms with E-state index in [0.29, 0.717) is 21.3 Å². The second kappa shape index (κ2) is 11.5. The van der Waals surface area contributed by atoms with Crippen molar-refractivity contribution in [2.75, 3.05) is 10.2 Å². The van der Waals surface area contributed by atoms with E-state index in [-0.39, 0.29) is 18.2 Å². The summed E-state index contributed by atoms with van der Waals surface area (Å²) in [7, 11) is 0. The minimum atomic E-state index is -4.55. The molecule has 0 saturated carbocycles. The molecule has 0 aliphatic rings. The first-order valence-electron chi connectivity index (χ1n) is 11.0. The van der Waals surface area contributed by atoms with Crippen LogP contribution in [0.15, 0.2) is 90.7 Å². The van der Waals surface area contributed by atoms with Crippen LogP contribution in [0, 0.1) is 0 Å². The quantitative estimate of drug-likeness (QED) is 0.210. The van der Waals surface area contributed by atoms with Crippen LogP contribution in [0.4, 0.5) is 29.3 Å². The van der Waals surface area contributed by atoms with Crippen molar-refractivity contribution in [1.82, 2.24) is 14.5 Å². The molecule has 8 nitrogen and oxygen atoms in total. The van der Waals surface area contributed by atoms with E-state index in [1.165, 1.54) is 12.4 Å². The molecule has 0 radical (unpaired) electrons. The maximum absolute atomic E-state index is 13.3. The molecule has 4 aromatic rings. The molecule has 2 aromatic carbocycles. The van der Waals surface area contributed by atoms with E-state index in [0.717, 1.165) is 29.2 Å². The van der Waals surface area contributed by atoms with Gasteiger partial charge < -0.3 is 15.6 Å². The lowest BCUT2D eigenvalue weighted by Crippen LogP contribution is -2.45. The molecule has 196 valence electrons. The summed E-state index contributed by atoms with van der Waals surface area (Å²) in [6.07, 6.45) is 3.25. The number of rotatable bonds is 6. The van der Waals surface area contributed by atoms with Crippen molar-refractivity contribution in [3.63, 3.8) is 0 Å². The second-order valence-electron chi connectivity index (χ2n) is 7.98. The highest BCUT2D eigenvalue weighted by molar-refractivity contribution is 6.35. The molecule has 0 aliphatic carbocycles. The van der Waals surface area contributed by atoms with E-state index in [1.807, 2.05) is 0 Å². The monoisotopic (exact) mass is 561 g/mol. The largest absolute Gasteiger partial charge is 0.416 e. The normalized spacial score (nSPS) is 12.7. The van der Waals surface area contributed by atoms with Crippen LogP contribution in [-0.2, 0) is 12.7 Å². The number of benzene rings is 2. The van der Waals surface area contributed by atoms with Crippen LogP contribution in [0.5, 0.6) is 0 Å². The summed E-state index contributed by atoms with van der Waals surface area (Å²) in [5.74, 6) is -0.290. The zero-order valence-corrected chi connectivity index (χ0v) is 21.0. The van der Waals surface area contributed by atoms with Crippen LogP contribution in [-0.4, -0.2) is 26.5 Å². The minimum Gasteiger partial charge on any atom is -0.369 e. The maximum Gasteiger partial charge on any atom is 0.416 e. The number of nitrogens with zero attached hydrogens (tertiary/aromatic N) is 5. The number of anilines is 2. The Hall–Kier alpha value is -4.09. The van der Waals surface area contributed by atoms with Gasteiger partial charge in [-0.2, -0.15) is 13.2 Å². The van der Waals surface area contributed by atoms with Crippen LogP contribution < -0.4 is 16.0 Å². The highest BCUT2D eigenvalue weighted by Crippen LogP contribution is 2.32. The number of halogens is 5. The molecule has 4 rings (SSSR count).